The summed E-state index contributed by atoms with van der Waals surface area (Å²) >= 11 is 0. The first kappa shape index (κ1) is 25.9. The molecular formula is C27H34N2O7. The van der Waals surface area contributed by atoms with Crippen LogP contribution in [0.15, 0.2) is 40.9 Å². The minimum Gasteiger partial charge on any atom is -0.510 e. The molecule has 0 heterocycles. The number of aliphatic hydroxyl groups is 3. The largest absolute Gasteiger partial charge is 0.510 e. The second-order valence-corrected chi connectivity index (χ2v) is 11.9. The Bertz CT molecular complexity index is 1250. The van der Waals surface area contributed by atoms with Gasteiger partial charge >= 0.3 is 0 Å². The average Bonchev–Trinajstić information content (AvgIpc) is 2.73. The van der Waals surface area contributed by atoms with Gasteiger partial charge in [0.05, 0.1) is 11.6 Å². The van der Waals surface area contributed by atoms with Crippen LogP contribution in [0.25, 0.3) is 0 Å². The van der Waals surface area contributed by atoms with Crippen LogP contribution in [0, 0.1) is 11.8 Å². The molecule has 0 aromatic heterocycles. The molecule has 1 aromatic rings. The molecule has 0 radical (unpaired) electrons. The van der Waals surface area contributed by atoms with Crippen LogP contribution in [0.5, 0.6) is 5.75 Å². The Morgan fingerprint density at radius 3 is 2.28 bits per heavy atom. The lowest BCUT2D eigenvalue weighted by atomic mass is 9.52. The van der Waals surface area contributed by atoms with Gasteiger partial charge in [-0.3, -0.25) is 19.3 Å². The van der Waals surface area contributed by atoms with Crippen molar-refractivity contribution in [2.24, 2.45) is 11.8 Å². The Morgan fingerprint density at radius 1 is 1.11 bits per heavy atom. The van der Waals surface area contributed by atoms with Gasteiger partial charge in [0.2, 0.25) is 5.78 Å². The SMILES string of the molecule is CN(C)C1C(O)=C(C(=O)NC(C)(C)C)C(=O)C2(O)C(O)=C3C(=O)c4c(O)cccc4C(C)(C)C3CC12. The zero-order valence-corrected chi connectivity index (χ0v) is 21.6. The van der Waals surface area contributed by atoms with Gasteiger partial charge in [0, 0.05) is 22.9 Å². The number of Topliss-reactive ketones (excluding diaryl/α,β-unsaturated/α-hetero) is 2. The third-order valence-electron chi connectivity index (χ3n) is 7.83. The van der Waals surface area contributed by atoms with E-state index in [4.69, 9.17) is 0 Å². The van der Waals surface area contributed by atoms with E-state index in [0.29, 0.717) is 5.56 Å². The molecule has 9 heteroatoms. The van der Waals surface area contributed by atoms with Gasteiger partial charge in [-0.05, 0) is 58.3 Å². The summed E-state index contributed by atoms with van der Waals surface area (Å²) in [5, 5.41) is 47.7. The first-order valence-corrected chi connectivity index (χ1v) is 12.0. The molecule has 0 saturated heterocycles. The Labute approximate surface area is 210 Å². The quantitative estimate of drug-likeness (QED) is 0.390. The molecule has 0 aliphatic heterocycles. The maximum Gasteiger partial charge on any atom is 0.258 e. The lowest BCUT2D eigenvalue weighted by Crippen LogP contribution is -2.65. The molecule has 9 nitrogen and oxygen atoms in total. The van der Waals surface area contributed by atoms with E-state index in [1.54, 1.807) is 51.9 Å². The van der Waals surface area contributed by atoms with Gasteiger partial charge < -0.3 is 25.7 Å². The predicted octanol–water partition coefficient (Wildman–Crippen LogP) is 2.29. The molecule has 36 heavy (non-hydrogen) atoms. The summed E-state index contributed by atoms with van der Waals surface area (Å²) in [5.41, 5.74) is -4.34. The van der Waals surface area contributed by atoms with E-state index in [2.05, 4.69) is 5.32 Å². The van der Waals surface area contributed by atoms with Crippen molar-refractivity contribution in [3.05, 3.63) is 52.0 Å². The number of allylic oxidation sites excluding steroid dienone is 1. The van der Waals surface area contributed by atoms with Crippen molar-refractivity contribution in [1.29, 1.82) is 0 Å². The predicted molar refractivity (Wildman–Crippen MR) is 132 cm³/mol. The first-order valence-electron chi connectivity index (χ1n) is 12.0. The van der Waals surface area contributed by atoms with Crippen molar-refractivity contribution in [3.63, 3.8) is 0 Å². The fraction of sp³-hybridized carbons (Fsp3) is 0.519. The number of amides is 1. The van der Waals surface area contributed by atoms with Crippen LogP contribution in [-0.2, 0) is 15.0 Å². The highest BCUT2D eigenvalue weighted by atomic mass is 16.3. The summed E-state index contributed by atoms with van der Waals surface area (Å²) in [5.74, 6) is -5.99. The lowest BCUT2D eigenvalue weighted by Gasteiger charge is -2.53. The Morgan fingerprint density at radius 2 is 1.72 bits per heavy atom. The van der Waals surface area contributed by atoms with Crippen molar-refractivity contribution in [3.8, 4) is 5.75 Å². The minimum absolute atomic E-state index is 0.0128. The van der Waals surface area contributed by atoms with Gasteiger partial charge in [0.15, 0.2) is 11.4 Å². The van der Waals surface area contributed by atoms with Gasteiger partial charge in [0.1, 0.15) is 22.8 Å². The van der Waals surface area contributed by atoms with Gasteiger partial charge in [-0.25, -0.2) is 0 Å². The number of aliphatic hydroxyl groups excluding tert-OH is 2. The lowest BCUT2D eigenvalue weighted by molar-refractivity contribution is -0.149. The number of rotatable bonds is 2. The molecule has 1 amide bonds. The smallest absolute Gasteiger partial charge is 0.258 e. The first-order chi connectivity index (χ1) is 16.5. The van der Waals surface area contributed by atoms with E-state index in [9.17, 15) is 34.8 Å². The minimum atomic E-state index is -2.62. The van der Waals surface area contributed by atoms with Crippen LogP contribution in [-0.4, -0.2) is 74.1 Å². The van der Waals surface area contributed by atoms with Gasteiger partial charge in [-0.1, -0.05) is 26.0 Å². The van der Waals surface area contributed by atoms with Crippen molar-refractivity contribution in [1.82, 2.24) is 10.2 Å². The molecule has 0 spiro atoms. The standard InChI is InChI=1S/C27H34N2O7/c1-25(2,3)28-24(35)18-21(32)19(29(6)7)14-11-13-17(22(33)27(14,36)23(18)34)20(31)16-12(26(13,4)5)9-8-10-15(16)30/h8-10,13-14,19,30,32-33,36H,11H2,1-7H3,(H,28,35). The number of fused-ring (bicyclic) bond motifs is 3. The normalized spacial score (nSPS) is 29.6. The maximum absolute atomic E-state index is 13.8. The van der Waals surface area contributed by atoms with E-state index in [1.165, 1.54) is 6.07 Å². The zero-order chi connectivity index (χ0) is 27.1. The molecule has 4 atom stereocenters. The van der Waals surface area contributed by atoms with Crippen LogP contribution < -0.4 is 5.32 Å². The number of benzene rings is 1. The third-order valence-corrected chi connectivity index (χ3v) is 7.83. The summed E-state index contributed by atoms with van der Waals surface area (Å²) in [6.45, 7) is 8.84. The zero-order valence-electron chi connectivity index (χ0n) is 21.6. The molecule has 1 aromatic carbocycles. The summed E-state index contributed by atoms with van der Waals surface area (Å²) < 4.78 is 0. The Balaban J connectivity index is 1.99. The molecule has 4 rings (SSSR count). The molecule has 3 aliphatic rings. The van der Waals surface area contributed by atoms with Crippen LogP contribution in [0.2, 0.25) is 0 Å². The second kappa shape index (κ2) is 7.91. The summed E-state index contributed by atoms with van der Waals surface area (Å²) in [6.07, 6.45) is 0.0660. The third kappa shape index (κ3) is 3.40. The number of hydrogen-bond acceptors (Lipinski definition) is 8. The van der Waals surface area contributed by atoms with Crippen molar-refractivity contribution in [2.75, 3.05) is 14.1 Å². The maximum atomic E-state index is 13.8. The molecule has 0 fully saturated rings. The fourth-order valence-electron chi connectivity index (χ4n) is 6.15. The highest BCUT2D eigenvalue weighted by molar-refractivity contribution is 6.25. The van der Waals surface area contributed by atoms with E-state index >= 15 is 0 Å². The molecule has 4 unspecified atom stereocenters. The van der Waals surface area contributed by atoms with Crippen LogP contribution in [0.4, 0.5) is 0 Å². The number of phenolic OH excluding ortho intramolecular Hbond substituents is 1. The van der Waals surface area contributed by atoms with Gasteiger partial charge in [-0.2, -0.15) is 0 Å². The topological polar surface area (TPSA) is 147 Å². The molecular weight excluding hydrogens is 464 g/mol. The number of hydrogen-bond donors (Lipinski definition) is 5. The molecule has 3 aliphatic carbocycles. The number of carbonyl (C=O) groups excluding carboxylic acids is 3. The molecule has 0 saturated carbocycles. The Kier molecular flexibility index (Phi) is 5.70. The number of nitrogens with one attached hydrogen (secondary N) is 1. The van der Waals surface area contributed by atoms with Gasteiger partial charge in [0.25, 0.3) is 5.91 Å². The number of carbonyl (C=O) groups is 3. The van der Waals surface area contributed by atoms with E-state index in [1.807, 2.05) is 13.8 Å². The van der Waals surface area contributed by atoms with Crippen LogP contribution >= 0.6 is 0 Å². The van der Waals surface area contributed by atoms with Crippen molar-refractivity contribution < 1.29 is 34.8 Å². The number of likely N-dealkylation sites (N-methyl/N-ethyl adjacent to an activating group) is 1. The van der Waals surface area contributed by atoms with E-state index < -0.39 is 69.0 Å². The Hall–Kier alpha value is -3.17. The van der Waals surface area contributed by atoms with E-state index in [-0.39, 0.29) is 23.3 Å². The van der Waals surface area contributed by atoms with Crippen LogP contribution in [0.1, 0.15) is 57.0 Å². The molecule has 5 N–H and O–H groups in total. The summed E-state index contributed by atoms with van der Waals surface area (Å²) in [7, 11) is 3.27. The van der Waals surface area contributed by atoms with Crippen molar-refractivity contribution in [2.45, 2.75) is 63.6 Å². The molecule has 194 valence electrons. The van der Waals surface area contributed by atoms with E-state index in [0.717, 1.165) is 0 Å². The molecule has 0 bridgehead atoms. The number of ketones is 2. The highest BCUT2D eigenvalue weighted by Crippen LogP contribution is 2.57. The van der Waals surface area contributed by atoms with Crippen molar-refractivity contribution >= 4 is 17.5 Å². The number of nitrogens with zero attached hydrogens (tertiary/aromatic N) is 1. The summed E-state index contributed by atoms with van der Waals surface area (Å²) in [6, 6.07) is 3.75. The number of phenols is 1. The summed E-state index contributed by atoms with van der Waals surface area (Å²) in [4.78, 5) is 42.1. The monoisotopic (exact) mass is 498 g/mol. The second-order valence-electron chi connectivity index (χ2n) is 11.9. The fourth-order valence-corrected chi connectivity index (χ4v) is 6.15. The number of aromatic hydroxyl groups is 1. The average molecular weight is 499 g/mol. The van der Waals surface area contributed by atoms with Crippen LogP contribution in [0.3, 0.4) is 0 Å². The highest BCUT2D eigenvalue weighted by Gasteiger charge is 2.65. The van der Waals surface area contributed by atoms with Gasteiger partial charge in [-0.15, -0.1) is 0 Å².